The molecule has 1 aliphatic rings. The van der Waals surface area contributed by atoms with Gasteiger partial charge in [0, 0.05) is 19.4 Å². The van der Waals surface area contributed by atoms with Gasteiger partial charge in [-0.3, -0.25) is 4.79 Å². The maximum atomic E-state index is 11.5. The fourth-order valence-corrected chi connectivity index (χ4v) is 1.77. The van der Waals surface area contributed by atoms with Gasteiger partial charge < -0.3 is 9.69 Å². The molecule has 4 heteroatoms. The van der Waals surface area contributed by atoms with E-state index >= 15 is 0 Å². The van der Waals surface area contributed by atoms with E-state index in [1.54, 1.807) is 4.90 Å². The first-order valence-electron chi connectivity index (χ1n) is 4.81. The van der Waals surface area contributed by atoms with Gasteiger partial charge in [-0.15, -0.1) is 0 Å². The Kier molecular flexibility index (Phi) is 3.63. The van der Waals surface area contributed by atoms with E-state index in [2.05, 4.69) is 6.07 Å². The van der Waals surface area contributed by atoms with E-state index in [1.807, 2.05) is 6.92 Å². The zero-order valence-corrected chi connectivity index (χ0v) is 8.27. The van der Waals surface area contributed by atoms with Crippen LogP contribution in [-0.4, -0.2) is 29.7 Å². The van der Waals surface area contributed by atoms with E-state index in [1.165, 1.54) is 0 Å². The molecule has 1 amide bonds. The third-order valence-electron chi connectivity index (χ3n) is 2.46. The molecule has 1 rings (SSSR count). The number of likely N-dealkylation sites (tertiary alicyclic amines) is 1. The van der Waals surface area contributed by atoms with Gasteiger partial charge in [-0.2, -0.15) is 5.26 Å². The predicted molar refractivity (Wildman–Crippen MR) is 50.2 cm³/mol. The summed E-state index contributed by atoms with van der Waals surface area (Å²) in [7, 11) is 0. The molecule has 76 valence electrons. The Morgan fingerprint density at radius 1 is 1.71 bits per heavy atom. The third kappa shape index (κ3) is 2.32. The van der Waals surface area contributed by atoms with Crippen molar-refractivity contribution in [3.8, 4) is 6.07 Å². The Morgan fingerprint density at radius 2 is 2.43 bits per heavy atom. The number of amides is 1. The molecule has 4 nitrogen and oxygen atoms in total. The van der Waals surface area contributed by atoms with Gasteiger partial charge in [-0.25, -0.2) is 0 Å². The lowest BCUT2D eigenvalue weighted by Crippen LogP contribution is -2.34. The molecule has 1 fully saturated rings. The smallest absolute Gasteiger partial charge is 0.224 e. The van der Waals surface area contributed by atoms with Crippen molar-refractivity contribution in [1.82, 2.24) is 4.90 Å². The van der Waals surface area contributed by atoms with Crippen LogP contribution in [0, 0.1) is 17.2 Å². The van der Waals surface area contributed by atoms with Gasteiger partial charge in [0.25, 0.3) is 0 Å². The monoisotopic (exact) mass is 194 g/mol. The lowest BCUT2D eigenvalue weighted by atomic mass is 10.1. The maximum absolute atomic E-state index is 11.5. The molecular formula is C10H14N2O2. The van der Waals surface area contributed by atoms with E-state index in [-0.39, 0.29) is 24.8 Å². The van der Waals surface area contributed by atoms with Crippen molar-refractivity contribution in [2.75, 3.05) is 6.54 Å². The molecule has 2 atom stereocenters. The van der Waals surface area contributed by atoms with Crippen LogP contribution >= 0.6 is 0 Å². The van der Waals surface area contributed by atoms with Crippen LogP contribution in [0.2, 0.25) is 0 Å². The Morgan fingerprint density at radius 3 is 3.00 bits per heavy atom. The minimum atomic E-state index is -0.288. The van der Waals surface area contributed by atoms with E-state index in [4.69, 9.17) is 5.26 Å². The molecule has 14 heavy (non-hydrogen) atoms. The van der Waals surface area contributed by atoms with Crippen LogP contribution in [0.4, 0.5) is 0 Å². The molecule has 1 saturated heterocycles. The highest BCUT2D eigenvalue weighted by atomic mass is 16.2. The molecular weight excluding hydrogens is 180 g/mol. The van der Waals surface area contributed by atoms with Crippen LogP contribution in [0.1, 0.15) is 26.2 Å². The van der Waals surface area contributed by atoms with Crippen molar-refractivity contribution in [2.45, 2.75) is 32.2 Å². The fourth-order valence-electron chi connectivity index (χ4n) is 1.77. The Labute approximate surface area is 83.5 Å². The highest BCUT2D eigenvalue weighted by Crippen LogP contribution is 2.22. The molecule has 0 aromatic carbocycles. The third-order valence-corrected chi connectivity index (χ3v) is 2.46. The average molecular weight is 194 g/mol. The fraction of sp³-hybridized carbons (Fsp3) is 0.700. The highest BCUT2D eigenvalue weighted by molar-refractivity contribution is 5.79. The summed E-state index contributed by atoms with van der Waals surface area (Å²) in [6.07, 6.45) is 1.97. The topological polar surface area (TPSA) is 61.2 Å². The molecule has 0 aromatic rings. The molecule has 2 unspecified atom stereocenters. The normalized spacial score (nSPS) is 25.9. The first kappa shape index (κ1) is 10.7. The molecule has 0 aromatic heterocycles. The van der Waals surface area contributed by atoms with Gasteiger partial charge in [0.1, 0.15) is 12.3 Å². The van der Waals surface area contributed by atoms with Crippen LogP contribution in [0.5, 0.6) is 0 Å². The number of nitriles is 1. The molecule has 1 aliphatic heterocycles. The molecule has 0 radical (unpaired) electrons. The zero-order chi connectivity index (χ0) is 10.6. The summed E-state index contributed by atoms with van der Waals surface area (Å²) in [5.74, 6) is 0.313. The second kappa shape index (κ2) is 4.75. The summed E-state index contributed by atoms with van der Waals surface area (Å²) in [6, 6.07) is 1.83. The van der Waals surface area contributed by atoms with Crippen LogP contribution in [0.15, 0.2) is 0 Å². The van der Waals surface area contributed by atoms with Crippen LogP contribution in [0.3, 0.4) is 0 Å². The summed E-state index contributed by atoms with van der Waals surface area (Å²) in [4.78, 5) is 23.2. The van der Waals surface area contributed by atoms with Gasteiger partial charge in [0.15, 0.2) is 0 Å². The molecule has 0 spiro atoms. The van der Waals surface area contributed by atoms with Crippen LogP contribution in [0.25, 0.3) is 0 Å². The van der Waals surface area contributed by atoms with Crippen molar-refractivity contribution in [3.05, 3.63) is 0 Å². The summed E-state index contributed by atoms with van der Waals surface area (Å²) >= 11 is 0. The number of nitrogens with zero attached hydrogens (tertiary/aromatic N) is 2. The molecule has 0 saturated carbocycles. The van der Waals surface area contributed by atoms with Crippen molar-refractivity contribution in [1.29, 1.82) is 5.26 Å². The number of carbonyl (C=O) groups is 2. The Balaban J connectivity index is 2.54. The van der Waals surface area contributed by atoms with Crippen molar-refractivity contribution in [3.63, 3.8) is 0 Å². The SMILES string of the molecule is CC1CC(C#N)N(C(=O)CCC=O)C1. The average Bonchev–Trinajstić information content (AvgIpc) is 2.56. The van der Waals surface area contributed by atoms with Gasteiger partial charge in [-0.05, 0) is 12.3 Å². The predicted octanol–water partition coefficient (Wildman–Crippen LogP) is 0.726. The Hall–Kier alpha value is -1.37. The molecule has 0 aliphatic carbocycles. The minimum Gasteiger partial charge on any atom is -0.326 e. The van der Waals surface area contributed by atoms with Crippen molar-refractivity contribution in [2.24, 2.45) is 5.92 Å². The summed E-state index contributed by atoms with van der Waals surface area (Å²) < 4.78 is 0. The lowest BCUT2D eigenvalue weighted by molar-refractivity contribution is -0.132. The number of carbonyl (C=O) groups excluding carboxylic acids is 2. The summed E-state index contributed by atoms with van der Waals surface area (Å²) in [6.45, 7) is 2.67. The van der Waals surface area contributed by atoms with Crippen molar-refractivity contribution >= 4 is 12.2 Å². The zero-order valence-electron chi connectivity index (χ0n) is 8.27. The lowest BCUT2D eigenvalue weighted by Gasteiger charge is -2.18. The number of hydrogen-bond acceptors (Lipinski definition) is 3. The first-order chi connectivity index (χ1) is 6.69. The van der Waals surface area contributed by atoms with Crippen molar-refractivity contribution < 1.29 is 9.59 Å². The highest BCUT2D eigenvalue weighted by Gasteiger charge is 2.32. The second-order valence-electron chi connectivity index (χ2n) is 3.74. The van der Waals surface area contributed by atoms with Gasteiger partial charge in [0.2, 0.25) is 5.91 Å². The van der Waals surface area contributed by atoms with E-state index in [0.29, 0.717) is 12.5 Å². The summed E-state index contributed by atoms with van der Waals surface area (Å²) in [5.41, 5.74) is 0. The van der Waals surface area contributed by atoms with Gasteiger partial charge >= 0.3 is 0 Å². The Bertz CT molecular complexity index is 270. The largest absolute Gasteiger partial charge is 0.326 e. The molecule has 0 bridgehead atoms. The molecule has 1 heterocycles. The maximum Gasteiger partial charge on any atom is 0.224 e. The number of aldehydes is 1. The van der Waals surface area contributed by atoms with E-state index < -0.39 is 0 Å². The number of rotatable bonds is 3. The minimum absolute atomic E-state index is 0.0759. The van der Waals surface area contributed by atoms with Crippen LogP contribution < -0.4 is 0 Å². The van der Waals surface area contributed by atoms with Crippen LogP contribution in [-0.2, 0) is 9.59 Å². The van der Waals surface area contributed by atoms with E-state index in [0.717, 1.165) is 12.7 Å². The standard InChI is InChI=1S/C10H14N2O2/c1-8-5-9(6-11)12(7-8)10(14)3-2-4-13/h4,8-9H,2-3,5,7H2,1H3. The van der Waals surface area contributed by atoms with E-state index in [9.17, 15) is 9.59 Å². The number of hydrogen-bond donors (Lipinski definition) is 0. The summed E-state index contributed by atoms with van der Waals surface area (Å²) in [5, 5.41) is 8.82. The van der Waals surface area contributed by atoms with Gasteiger partial charge in [0.05, 0.1) is 6.07 Å². The first-order valence-corrected chi connectivity index (χ1v) is 4.81. The second-order valence-corrected chi connectivity index (χ2v) is 3.74. The van der Waals surface area contributed by atoms with Gasteiger partial charge in [-0.1, -0.05) is 6.92 Å². The quantitative estimate of drug-likeness (QED) is 0.622. The molecule has 0 N–H and O–H groups in total.